The molecule has 0 saturated carbocycles. The van der Waals surface area contributed by atoms with E-state index in [9.17, 15) is 18.0 Å². The highest BCUT2D eigenvalue weighted by atomic mass is 79.9. The van der Waals surface area contributed by atoms with Crippen LogP contribution < -0.4 is 14.4 Å². The number of rotatable bonds is 11. The number of methoxy groups -OCH3 is 1. The molecule has 2 rings (SSSR count). The molecule has 0 heterocycles. The molecule has 10 heteroatoms. The van der Waals surface area contributed by atoms with Gasteiger partial charge in [0.25, 0.3) is 0 Å². The van der Waals surface area contributed by atoms with E-state index in [1.54, 1.807) is 43.5 Å². The average Bonchev–Trinajstić information content (AvgIpc) is 2.76. The number of nitrogens with one attached hydrogen (secondary N) is 1. The van der Waals surface area contributed by atoms with Crippen LogP contribution in [0.15, 0.2) is 53.0 Å². The molecule has 0 aliphatic carbocycles. The van der Waals surface area contributed by atoms with E-state index in [0.717, 1.165) is 16.1 Å². The third kappa shape index (κ3) is 7.73. The predicted molar refractivity (Wildman–Crippen MR) is 137 cm³/mol. The molecule has 1 N–H and O–H groups in total. The molecule has 0 radical (unpaired) electrons. The van der Waals surface area contributed by atoms with Crippen molar-refractivity contribution >= 4 is 43.5 Å². The minimum Gasteiger partial charge on any atom is -0.497 e. The number of carbonyl (C=O) groups excluding carboxylic acids is 2. The molecule has 186 valence electrons. The lowest BCUT2D eigenvalue weighted by Gasteiger charge is -2.33. The minimum absolute atomic E-state index is 0.103. The largest absolute Gasteiger partial charge is 0.497 e. The molecule has 8 nitrogen and oxygen atoms in total. The van der Waals surface area contributed by atoms with E-state index >= 15 is 0 Å². The summed E-state index contributed by atoms with van der Waals surface area (Å²) in [6.07, 6.45) is 1.42. The highest BCUT2D eigenvalue weighted by Crippen LogP contribution is 2.23. The number of anilines is 1. The Bertz CT molecular complexity index is 1090. The minimum atomic E-state index is -3.77. The molecule has 0 aliphatic heterocycles. The van der Waals surface area contributed by atoms with E-state index in [4.69, 9.17) is 4.74 Å². The zero-order valence-electron chi connectivity index (χ0n) is 20.1. The Hall–Kier alpha value is -2.59. The van der Waals surface area contributed by atoms with Crippen molar-refractivity contribution in [2.45, 2.75) is 45.8 Å². The fourth-order valence-electron chi connectivity index (χ4n) is 3.47. The quantitative estimate of drug-likeness (QED) is 0.459. The Balaban J connectivity index is 2.43. The molecule has 0 aromatic heterocycles. The van der Waals surface area contributed by atoms with E-state index in [-0.39, 0.29) is 18.5 Å². The molecule has 2 amide bonds. The standard InChI is InChI=1S/C24H32BrN3O5S/c1-6-22(24(30)26-17(2)3)27(15-18-10-12-21(33-4)13-11-18)23(29)16-28(34(5,31)32)20-9-7-8-19(25)14-20/h7-14,17,22H,6,15-16H2,1-5H3,(H,26,30)/t22-/m0/s1. The van der Waals surface area contributed by atoms with Gasteiger partial charge in [0.2, 0.25) is 21.8 Å². The summed E-state index contributed by atoms with van der Waals surface area (Å²) < 4.78 is 32.1. The predicted octanol–water partition coefficient (Wildman–Crippen LogP) is 3.56. The van der Waals surface area contributed by atoms with Gasteiger partial charge in [-0.05, 0) is 56.2 Å². The van der Waals surface area contributed by atoms with E-state index in [1.807, 2.05) is 32.9 Å². The highest BCUT2D eigenvalue weighted by Gasteiger charge is 2.32. The molecule has 0 fully saturated rings. The first kappa shape index (κ1) is 27.7. The van der Waals surface area contributed by atoms with Gasteiger partial charge in [-0.3, -0.25) is 13.9 Å². The number of halogens is 1. The monoisotopic (exact) mass is 553 g/mol. The lowest BCUT2D eigenvalue weighted by molar-refractivity contribution is -0.140. The second-order valence-electron chi connectivity index (χ2n) is 8.21. The van der Waals surface area contributed by atoms with E-state index in [1.165, 1.54) is 4.90 Å². The molecule has 0 spiro atoms. The van der Waals surface area contributed by atoms with Crippen molar-refractivity contribution in [3.63, 3.8) is 0 Å². The number of nitrogens with zero attached hydrogens (tertiary/aromatic N) is 2. The lowest BCUT2D eigenvalue weighted by Crippen LogP contribution is -2.53. The Labute approximate surface area is 210 Å². The zero-order valence-corrected chi connectivity index (χ0v) is 22.5. The number of ether oxygens (including phenoxy) is 1. The van der Waals surface area contributed by atoms with Crippen LogP contribution >= 0.6 is 15.9 Å². The first-order chi connectivity index (χ1) is 16.0. The summed E-state index contributed by atoms with van der Waals surface area (Å²) in [7, 11) is -2.20. The molecule has 2 aromatic rings. The van der Waals surface area contributed by atoms with E-state index < -0.39 is 28.5 Å². The molecule has 0 aliphatic rings. The lowest BCUT2D eigenvalue weighted by atomic mass is 10.1. The Kier molecular flexibility index (Phi) is 9.93. The molecular formula is C24H32BrN3O5S. The molecule has 0 saturated heterocycles. The van der Waals surface area contributed by atoms with E-state index in [0.29, 0.717) is 22.3 Å². The number of hydrogen-bond acceptors (Lipinski definition) is 5. The first-order valence-electron chi connectivity index (χ1n) is 10.9. The summed E-state index contributed by atoms with van der Waals surface area (Å²) in [5.41, 5.74) is 1.15. The maximum Gasteiger partial charge on any atom is 0.244 e. The van der Waals surface area contributed by atoms with Gasteiger partial charge in [-0.15, -0.1) is 0 Å². The van der Waals surface area contributed by atoms with Crippen LogP contribution in [-0.4, -0.2) is 57.1 Å². The van der Waals surface area contributed by atoms with Crippen molar-refractivity contribution in [2.24, 2.45) is 0 Å². The number of carbonyl (C=O) groups is 2. The second kappa shape index (κ2) is 12.2. The molecule has 2 aromatic carbocycles. The smallest absolute Gasteiger partial charge is 0.244 e. The summed E-state index contributed by atoms with van der Waals surface area (Å²) in [5, 5.41) is 2.86. The summed E-state index contributed by atoms with van der Waals surface area (Å²) in [6, 6.07) is 13.0. The van der Waals surface area contributed by atoms with Gasteiger partial charge in [-0.2, -0.15) is 0 Å². The van der Waals surface area contributed by atoms with E-state index in [2.05, 4.69) is 21.2 Å². The first-order valence-corrected chi connectivity index (χ1v) is 13.6. The fraction of sp³-hybridized carbons (Fsp3) is 0.417. The van der Waals surface area contributed by atoms with Crippen LogP contribution in [0.1, 0.15) is 32.8 Å². The summed E-state index contributed by atoms with van der Waals surface area (Å²) in [4.78, 5) is 28.0. The van der Waals surface area contributed by atoms with Gasteiger partial charge in [-0.1, -0.05) is 41.1 Å². The van der Waals surface area contributed by atoms with Crippen molar-refractivity contribution in [2.75, 3.05) is 24.2 Å². The number of sulfonamides is 1. The van der Waals surface area contributed by atoms with Gasteiger partial charge in [0.15, 0.2) is 0 Å². The third-order valence-electron chi connectivity index (χ3n) is 5.10. The summed E-state index contributed by atoms with van der Waals surface area (Å²) in [6.45, 7) is 5.22. The SMILES string of the molecule is CC[C@@H](C(=O)NC(C)C)N(Cc1ccc(OC)cc1)C(=O)CN(c1cccc(Br)c1)S(C)(=O)=O. The number of amides is 2. The number of hydrogen-bond donors (Lipinski definition) is 1. The van der Waals surface area contributed by atoms with Gasteiger partial charge in [-0.25, -0.2) is 8.42 Å². The summed E-state index contributed by atoms with van der Waals surface area (Å²) >= 11 is 3.34. The van der Waals surface area contributed by atoms with Gasteiger partial charge in [0, 0.05) is 17.1 Å². The van der Waals surface area contributed by atoms with Crippen molar-refractivity contribution in [1.29, 1.82) is 0 Å². The molecule has 0 bridgehead atoms. The van der Waals surface area contributed by atoms with Crippen LogP contribution in [0.3, 0.4) is 0 Å². The van der Waals surface area contributed by atoms with Crippen molar-refractivity contribution in [1.82, 2.24) is 10.2 Å². The van der Waals surface area contributed by atoms with Crippen molar-refractivity contribution < 1.29 is 22.7 Å². The normalized spacial score (nSPS) is 12.2. The van der Waals surface area contributed by atoms with Gasteiger partial charge >= 0.3 is 0 Å². The Morgan fingerprint density at radius 1 is 1.12 bits per heavy atom. The molecule has 1 atom stereocenters. The van der Waals surface area contributed by atoms with Crippen LogP contribution in [-0.2, 0) is 26.2 Å². The van der Waals surface area contributed by atoms with Gasteiger partial charge < -0.3 is 15.0 Å². The average molecular weight is 555 g/mol. The molecular weight excluding hydrogens is 522 g/mol. The Morgan fingerprint density at radius 3 is 2.26 bits per heavy atom. The maximum atomic E-state index is 13.6. The fourth-order valence-corrected chi connectivity index (χ4v) is 4.70. The highest BCUT2D eigenvalue weighted by molar-refractivity contribution is 9.10. The zero-order chi connectivity index (χ0) is 25.5. The van der Waals surface area contributed by atoms with Crippen LogP contribution in [0.4, 0.5) is 5.69 Å². The van der Waals surface area contributed by atoms with Crippen LogP contribution in [0.2, 0.25) is 0 Å². The van der Waals surface area contributed by atoms with Crippen LogP contribution in [0.5, 0.6) is 5.75 Å². The van der Waals surface area contributed by atoms with Crippen molar-refractivity contribution in [3.8, 4) is 5.75 Å². The van der Waals surface area contributed by atoms with Gasteiger partial charge in [0.1, 0.15) is 18.3 Å². The Morgan fingerprint density at radius 2 is 1.76 bits per heavy atom. The third-order valence-corrected chi connectivity index (χ3v) is 6.74. The number of benzene rings is 2. The molecule has 0 unspecified atom stereocenters. The topological polar surface area (TPSA) is 96.0 Å². The molecule has 34 heavy (non-hydrogen) atoms. The second-order valence-corrected chi connectivity index (χ2v) is 11.0. The van der Waals surface area contributed by atoms with Gasteiger partial charge in [0.05, 0.1) is 19.1 Å². The summed E-state index contributed by atoms with van der Waals surface area (Å²) in [5.74, 6) is -0.0937. The van der Waals surface area contributed by atoms with Crippen LogP contribution in [0.25, 0.3) is 0 Å². The van der Waals surface area contributed by atoms with Crippen molar-refractivity contribution in [3.05, 3.63) is 58.6 Å². The van der Waals surface area contributed by atoms with Crippen LogP contribution in [0, 0.1) is 0 Å². The maximum absolute atomic E-state index is 13.6.